The molecule has 35 heavy (non-hydrogen) atoms. The lowest BCUT2D eigenvalue weighted by atomic mass is 9.69. The van der Waals surface area contributed by atoms with Crippen LogP contribution >= 0.6 is 11.8 Å². The summed E-state index contributed by atoms with van der Waals surface area (Å²) in [6.07, 6.45) is 1.59. The van der Waals surface area contributed by atoms with E-state index in [-0.39, 0.29) is 22.6 Å². The van der Waals surface area contributed by atoms with Crippen molar-refractivity contribution in [3.8, 4) is 17.0 Å². The molecule has 2 aromatic heterocycles. The molecule has 0 bridgehead atoms. The van der Waals surface area contributed by atoms with E-state index in [2.05, 4.69) is 30.3 Å². The van der Waals surface area contributed by atoms with Crippen LogP contribution in [-0.4, -0.2) is 37.9 Å². The van der Waals surface area contributed by atoms with Crippen LogP contribution in [0.4, 0.5) is 5.69 Å². The predicted molar refractivity (Wildman–Crippen MR) is 137 cm³/mol. The number of aromatic nitrogens is 4. The number of thioether (sulfide) groups is 1. The number of methoxy groups -OCH3 is 1. The number of fused-ring (bicyclic) bond motifs is 4. The molecule has 8 nitrogen and oxygen atoms in total. The number of carbonyl (C=O) groups is 1. The Bertz CT molecular complexity index is 1510. The maximum Gasteiger partial charge on any atom is 0.265 e. The Kier molecular flexibility index (Phi) is 5.88. The molecule has 4 aromatic rings. The summed E-state index contributed by atoms with van der Waals surface area (Å²) in [5.74, 6) is 1.02. The van der Waals surface area contributed by atoms with Crippen LogP contribution in [0.1, 0.15) is 31.4 Å². The summed E-state index contributed by atoms with van der Waals surface area (Å²) in [5, 5.41) is 7.85. The molecule has 0 unspecified atom stereocenters. The van der Waals surface area contributed by atoms with Crippen LogP contribution in [0.5, 0.6) is 5.75 Å². The molecule has 1 aliphatic carbocycles. The molecule has 1 aliphatic rings. The summed E-state index contributed by atoms with van der Waals surface area (Å²) in [4.78, 5) is 31.5. The molecule has 0 saturated heterocycles. The first-order valence-electron chi connectivity index (χ1n) is 11.5. The maximum absolute atomic E-state index is 13.9. The number of ether oxygens (including phenoxy) is 1. The Morgan fingerprint density at radius 2 is 2.03 bits per heavy atom. The zero-order valence-electron chi connectivity index (χ0n) is 20.2. The van der Waals surface area contributed by atoms with E-state index in [1.807, 2.05) is 30.3 Å². The smallest absolute Gasteiger partial charge is 0.265 e. The van der Waals surface area contributed by atoms with Gasteiger partial charge in [0.15, 0.2) is 5.16 Å². The molecular formula is C26H27N5O3S. The van der Waals surface area contributed by atoms with Crippen LogP contribution < -0.4 is 15.6 Å². The second-order valence-corrected chi connectivity index (χ2v) is 9.94. The largest absolute Gasteiger partial charge is 0.497 e. The number of nitrogens with zero attached hydrogens (tertiary/aromatic N) is 4. The van der Waals surface area contributed by atoms with E-state index < -0.39 is 0 Å². The topological polar surface area (TPSA) is 90.5 Å². The van der Waals surface area contributed by atoms with Gasteiger partial charge in [0, 0.05) is 29.8 Å². The molecule has 0 radical (unpaired) electrons. The second kappa shape index (κ2) is 8.88. The van der Waals surface area contributed by atoms with Gasteiger partial charge in [-0.3, -0.25) is 9.59 Å². The van der Waals surface area contributed by atoms with Gasteiger partial charge in [-0.25, -0.2) is 14.1 Å². The molecule has 2 aromatic carbocycles. The van der Waals surface area contributed by atoms with Crippen LogP contribution in [0.3, 0.4) is 0 Å². The Morgan fingerprint density at radius 1 is 1.23 bits per heavy atom. The molecule has 0 aliphatic heterocycles. The molecule has 1 N–H and O–H groups in total. The molecule has 2 heterocycles. The third-order valence-electron chi connectivity index (χ3n) is 6.70. The number of hydrogen-bond acceptors (Lipinski definition) is 6. The van der Waals surface area contributed by atoms with Crippen molar-refractivity contribution < 1.29 is 9.53 Å². The van der Waals surface area contributed by atoms with Gasteiger partial charge in [-0.15, -0.1) is 5.10 Å². The van der Waals surface area contributed by atoms with E-state index in [1.165, 1.54) is 17.3 Å². The zero-order chi connectivity index (χ0) is 24.7. The van der Waals surface area contributed by atoms with Gasteiger partial charge in [-0.2, -0.15) is 0 Å². The van der Waals surface area contributed by atoms with E-state index in [9.17, 15) is 9.59 Å². The average molecular weight is 490 g/mol. The molecule has 1 amide bonds. The van der Waals surface area contributed by atoms with E-state index in [0.717, 1.165) is 24.1 Å². The highest BCUT2D eigenvalue weighted by molar-refractivity contribution is 7.99. The summed E-state index contributed by atoms with van der Waals surface area (Å²) in [5.41, 5.74) is 3.84. The number of rotatable bonds is 6. The minimum Gasteiger partial charge on any atom is -0.497 e. The summed E-state index contributed by atoms with van der Waals surface area (Å²) in [6, 6.07) is 15.3. The van der Waals surface area contributed by atoms with Gasteiger partial charge in [0.2, 0.25) is 11.7 Å². The van der Waals surface area contributed by atoms with Crippen LogP contribution in [0.15, 0.2) is 58.5 Å². The van der Waals surface area contributed by atoms with Crippen molar-refractivity contribution in [1.29, 1.82) is 0 Å². The van der Waals surface area contributed by atoms with Crippen molar-refractivity contribution in [1.82, 2.24) is 19.2 Å². The third-order valence-corrected chi connectivity index (χ3v) is 7.63. The van der Waals surface area contributed by atoms with Crippen LogP contribution in [-0.2, 0) is 23.7 Å². The van der Waals surface area contributed by atoms with Gasteiger partial charge in [-0.1, -0.05) is 55.9 Å². The van der Waals surface area contributed by atoms with Crippen molar-refractivity contribution in [3.05, 3.63) is 70.0 Å². The lowest BCUT2D eigenvalue weighted by Gasteiger charge is -2.34. The quantitative estimate of drug-likeness (QED) is 0.411. The normalized spacial score (nSPS) is 16.6. The van der Waals surface area contributed by atoms with Crippen molar-refractivity contribution in [2.24, 2.45) is 7.05 Å². The van der Waals surface area contributed by atoms with Crippen molar-refractivity contribution in [2.45, 2.75) is 37.3 Å². The van der Waals surface area contributed by atoms with Crippen LogP contribution in [0, 0.1) is 0 Å². The Labute approximate surface area is 207 Å². The zero-order valence-corrected chi connectivity index (χ0v) is 21.0. The van der Waals surface area contributed by atoms with Gasteiger partial charge in [0.05, 0.1) is 24.1 Å². The highest BCUT2D eigenvalue weighted by Gasteiger charge is 2.38. The second-order valence-electron chi connectivity index (χ2n) is 9.00. The van der Waals surface area contributed by atoms with Gasteiger partial charge >= 0.3 is 0 Å². The van der Waals surface area contributed by atoms with E-state index >= 15 is 0 Å². The van der Waals surface area contributed by atoms with Crippen LogP contribution in [0.2, 0.25) is 0 Å². The Balaban J connectivity index is 1.51. The van der Waals surface area contributed by atoms with Gasteiger partial charge < -0.3 is 10.1 Å². The molecule has 0 spiro atoms. The molecule has 1 atom stereocenters. The summed E-state index contributed by atoms with van der Waals surface area (Å²) in [7, 11) is 3.35. The fraction of sp³-hybridized carbons (Fsp3) is 0.308. The Hall–Kier alpha value is -3.59. The molecule has 9 heteroatoms. The molecular weight excluding hydrogens is 462 g/mol. The summed E-state index contributed by atoms with van der Waals surface area (Å²) >= 11 is 1.21. The van der Waals surface area contributed by atoms with E-state index in [1.54, 1.807) is 35.4 Å². The molecule has 180 valence electrons. The first-order valence-corrected chi connectivity index (χ1v) is 12.5. The lowest BCUT2D eigenvalue weighted by molar-refractivity contribution is -0.113. The molecule has 0 saturated carbocycles. The van der Waals surface area contributed by atoms with Crippen LogP contribution in [0.25, 0.3) is 17.0 Å². The van der Waals surface area contributed by atoms with Gasteiger partial charge in [0.25, 0.3) is 5.56 Å². The third kappa shape index (κ3) is 3.99. The van der Waals surface area contributed by atoms with Crippen molar-refractivity contribution >= 4 is 29.1 Å². The number of carbonyl (C=O) groups excluding carboxylic acids is 1. The van der Waals surface area contributed by atoms with Gasteiger partial charge in [0.1, 0.15) is 5.75 Å². The SMILES string of the molecule is CC[C@@]1(C)Cc2ccccc2-c2nc3n(C)nc(SCC(=O)Nc4cccc(OC)c4)n3c(=O)c21. The summed E-state index contributed by atoms with van der Waals surface area (Å²) in [6.45, 7) is 4.23. The molecule has 0 fully saturated rings. The number of benzene rings is 2. The standard InChI is InChI=1S/C26H27N5O3S/c1-5-26(2)14-16-9-6-7-12-19(16)22-21(26)23(33)31-24(28-22)30(3)29-25(31)35-15-20(32)27-17-10-8-11-18(13-17)34-4/h6-13H,5,14-15H2,1-4H3,(H,27,32)/t26-/m0/s1. The lowest BCUT2D eigenvalue weighted by Crippen LogP contribution is -2.37. The molecule has 5 rings (SSSR count). The minimum absolute atomic E-state index is 0.0979. The maximum atomic E-state index is 13.9. The number of anilines is 1. The van der Waals surface area contributed by atoms with E-state index in [0.29, 0.717) is 27.9 Å². The number of aryl methyl sites for hydroxylation is 1. The van der Waals surface area contributed by atoms with Crippen molar-refractivity contribution in [3.63, 3.8) is 0 Å². The highest BCUT2D eigenvalue weighted by Crippen LogP contribution is 2.42. The van der Waals surface area contributed by atoms with Crippen molar-refractivity contribution in [2.75, 3.05) is 18.2 Å². The van der Waals surface area contributed by atoms with E-state index in [4.69, 9.17) is 9.72 Å². The van der Waals surface area contributed by atoms with Gasteiger partial charge in [-0.05, 0) is 30.5 Å². The summed E-state index contributed by atoms with van der Waals surface area (Å²) < 4.78 is 8.36. The fourth-order valence-corrected chi connectivity index (χ4v) is 5.50. The Morgan fingerprint density at radius 3 is 2.80 bits per heavy atom. The first-order chi connectivity index (χ1) is 16.8. The monoisotopic (exact) mass is 489 g/mol. The first kappa shape index (κ1) is 23.2. The predicted octanol–water partition coefficient (Wildman–Crippen LogP) is 4.06. The minimum atomic E-state index is -0.337. The highest BCUT2D eigenvalue weighted by atomic mass is 32.2. The average Bonchev–Trinajstić information content (AvgIpc) is 3.18. The number of nitrogens with one attached hydrogen (secondary N) is 1. The number of hydrogen-bond donors (Lipinski definition) is 1. The number of amides is 1. The fourth-order valence-electron chi connectivity index (χ4n) is 4.69.